The van der Waals surface area contributed by atoms with Gasteiger partial charge in [-0.3, -0.25) is 0 Å². The fourth-order valence-electron chi connectivity index (χ4n) is 0.710. The molecule has 0 fully saturated rings. The highest BCUT2D eigenvalue weighted by Crippen LogP contribution is 1.92. The third kappa shape index (κ3) is 3.56. The standard InChI is InChI=1S/C7H8.C3H3NO/c1-7-5-3-2-4-6-7;1-2-5-3-4-1/h2-6H,1H3;1-3H. The van der Waals surface area contributed by atoms with E-state index in [0.717, 1.165) is 0 Å². The average molecular weight is 161 g/mol. The molecule has 0 saturated carbocycles. The minimum Gasteiger partial charge on any atom is -0.452 e. The van der Waals surface area contributed by atoms with E-state index in [-0.39, 0.29) is 0 Å². The maximum atomic E-state index is 4.47. The minimum absolute atomic E-state index is 1.32. The number of nitrogens with zero attached hydrogens (tertiary/aromatic N) is 1. The summed E-state index contributed by atoms with van der Waals surface area (Å²) in [6, 6.07) is 10.3. The molecular formula is C10H11NO. The molecule has 0 spiro atoms. The Labute approximate surface area is 71.9 Å². The lowest BCUT2D eigenvalue weighted by molar-refractivity contribution is 0.558. The van der Waals surface area contributed by atoms with Crippen LogP contribution in [0.3, 0.4) is 0 Å². The largest absolute Gasteiger partial charge is 0.452 e. The highest BCUT2D eigenvalue weighted by atomic mass is 16.3. The van der Waals surface area contributed by atoms with Crippen molar-refractivity contribution in [3.8, 4) is 0 Å². The molecule has 0 aliphatic heterocycles. The summed E-state index contributed by atoms with van der Waals surface area (Å²) in [4.78, 5) is 3.56. The Morgan fingerprint density at radius 1 is 1.17 bits per heavy atom. The van der Waals surface area contributed by atoms with E-state index in [1.54, 1.807) is 6.20 Å². The first-order valence-electron chi connectivity index (χ1n) is 3.73. The van der Waals surface area contributed by atoms with Crippen LogP contribution in [0.2, 0.25) is 0 Å². The van der Waals surface area contributed by atoms with Gasteiger partial charge in [0.1, 0.15) is 6.26 Å². The second-order valence-electron chi connectivity index (χ2n) is 2.33. The van der Waals surface area contributed by atoms with Gasteiger partial charge in [0.15, 0.2) is 6.39 Å². The molecule has 2 nitrogen and oxygen atoms in total. The smallest absolute Gasteiger partial charge is 0.180 e. The quantitative estimate of drug-likeness (QED) is 0.593. The molecule has 2 aromatic rings. The highest BCUT2D eigenvalue weighted by Gasteiger charge is 1.72. The van der Waals surface area contributed by atoms with Crippen molar-refractivity contribution < 1.29 is 4.42 Å². The Kier molecular flexibility index (Phi) is 3.64. The van der Waals surface area contributed by atoms with Crippen LogP contribution >= 0.6 is 0 Å². The van der Waals surface area contributed by atoms with Crippen LogP contribution in [-0.4, -0.2) is 4.98 Å². The number of aromatic nitrogens is 1. The topological polar surface area (TPSA) is 26.0 Å². The van der Waals surface area contributed by atoms with Gasteiger partial charge in [0.05, 0.1) is 6.20 Å². The zero-order chi connectivity index (χ0) is 8.65. The van der Waals surface area contributed by atoms with Crippen molar-refractivity contribution in [1.82, 2.24) is 4.98 Å². The lowest BCUT2D eigenvalue weighted by Crippen LogP contribution is -1.62. The minimum atomic E-state index is 1.32. The lowest BCUT2D eigenvalue weighted by atomic mass is 10.2. The van der Waals surface area contributed by atoms with E-state index in [2.05, 4.69) is 28.5 Å². The van der Waals surface area contributed by atoms with Crippen LogP contribution in [-0.2, 0) is 0 Å². The van der Waals surface area contributed by atoms with Gasteiger partial charge in [-0.05, 0) is 6.92 Å². The van der Waals surface area contributed by atoms with E-state index in [1.165, 1.54) is 18.2 Å². The maximum absolute atomic E-state index is 4.47. The Morgan fingerprint density at radius 3 is 2.17 bits per heavy atom. The van der Waals surface area contributed by atoms with Gasteiger partial charge >= 0.3 is 0 Å². The van der Waals surface area contributed by atoms with E-state index >= 15 is 0 Å². The van der Waals surface area contributed by atoms with Crippen molar-refractivity contribution in [3.05, 3.63) is 54.7 Å². The monoisotopic (exact) mass is 161 g/mol. The predicted molar refractivity (Wildman–Crippen MR) is 47.7 cm³/mol. The molecule has 2 heteroatoms. The zero-order valence-electron chi connectivity index (χ0n) is 6.97. The van der Waals surface area contributed by atoms with Gasteiger partial charge in [-0.15, -0.1) is 0 Å². The van der Waals surface area contributed by atoms with Gasteiger partial charge < -0.3 is 4.42 Å². The molecule has 1 heterocycles. The molecule has 0 N–H and O–H groups in total. The van der Waals surface area contributed by atoms with Crippen molar-refractivity contribution in [2.24, 2.45) is 0 Å². The number of hydrogen-bond acceptors (Lipinski definition) is 2. The van der Waals surface area contributed by atoms with E-state index < -0.39 is 0 Å². The van der Waals surface area contributed by atoms with Crippen LogP contribution in [0, 0.1) is 6.92 Å². The summed E-state index contributed by atoms with van der Waals surface area (Å²) in [5.74, 6) is 0. The van der Waals surface area contributed by atoms with Crippen molar-refractivity contribution in [1.29, 1.82) is 0 Å². The molecule has 12 heavy (non-hydrogen) atoms. The normalized spacial score (nSPS) is 8.42. The SMILES string of the molecule is Cc1ccccc1.c1cocn1. The summed E-state index contributed by atoms with van der Waals surface area (Å²) in [6.45, 7) is 2.08. The van der Waals surface area contributed by atoms with E-state index in [9.17, 15) is 0 Å². The fraction of sp³-hybridized carbons (Fsp3) is 0.100. The summed E-state index contributed by atoms with van der Waals surface area (Å²) in [6.07, 6.45) is 4.47. The molecule has 2 rings (SSSR count). The summed E-state index contributed by atoms with van der Waals surface area (Å²) in [5, 5.41) is 0. The van der Waals surface area contributed by atoms with Crippen molar-refractivity contribution >= 4 is 0 Å². The lowest BCUT2D eigenvalue weighted by Gasteiger charge is -1.82. The Bertz CT molecular complexity index is 259. The molecule has 0 radical (unpaired) electrons. The number of rotatable bonds is 0. The first-order valence-corrected chi connectivity index (χ1v) is 3.73. The molecule has 0 atom stereocenters. The van der Waals surface area contributed by atoms with Gasteiger partial charge in [-0.2, -0.15) is 0 Å². The summed E-state index contributed by atoms with van der Waals surface area (Å²) < 4.78 is 4.47. The first-order chi connectivity index (χ1) is 5.89. The van der Waals surface area contributed by atoms with Gasteiger partial charge in [0, 0.05) is 0 Å². The number of benzene rings is 1. The molecule has 0 amide bonds. The van der Waals surface area contributed by atoms with Gasteiger partial charge in [0.2, 0.25) is 0 Å². The average Bonchev–Trinajstić information content (AvgIpc) is 2.62. The van der Waals surface area contributed by atoms with E-state index in [0.29, 0.717) is 0 Å². The van der Waals surface area contributed by atoms with Crippen LogP contribution in [0.4, 0.5) is 0 Å². The third-order valence-electron chi connectivity index (χ3n) is 1.29. The van der Waals surface area contributed by atoms with Crippen molar-refractivity contribution in [2.75, 3.05) is 0 Å². The fourth-order valence-corrected chi connectivity index (χ4v) is 0.710. The first kappa shape index (κ1) is 8.53. The molecule has 62 valence electrons. The molecule has 0 saturated heterocycles. The Balaban J connectivity index is 0.000000127. The van der Waals surface area contributed by atoms with E-state index in [1.807, 2.05) is 18.2 Å². The molecule has 0 bridgehead atoms. The molecule has 0 aliphatic rings. The van der Waals surface area contributed by atoms with Crippen LogP contribution in [0.1, 0.15) is 5.56 Å². The van der Waals surface area contributed by atoms with Crippen LogP contribution in [0.5, 0.6) is 0 Å². The number of hydrogen-bond donors (Lipinski definition) is 0. The zero-order valence-corrected chi connectivity index (χ0v) is 6.97. The number of aryl methyl sites for hydroxylation is 1. The molecular weight excluding hydrogens is 150 g/mol. The molecule has 1 aromatic carbocycles. The Hall–Kier alpha value is -1.57. The molecule has 0 unspecified atom stereocenters. The van der Waals surface area contributed by atoms with Crippen molar-refractivity contribution in [2.45, 2.75) is 6.92 Å². The van der Waals surface area contributed by atoms with E-state index in [4.69, 9.17) is 0 Å². The van der Waals surface area contributed by atoms with Crippen molar-refractivity contribution in [3.63, 3.8) is 0 Å². The summed E-state index contributed by atoms with van der Waals surface area (Å²) in [7, 11) is 0. The second kappa shape index (κ2) is 5.13. The van der Waals surface area contributed by atoms with Crippen LogP contribution in [0.15, 0.2) is 53.6 Å². The van der Waals surface area contributed by atoms with Gasteiger partial charge in [-0.1, -0.05) is 35.9 Å². The highest BCUT2D eigenvalue weighted by molar-refractivity contribution is 5.11. The molecule has 1 aromatic heterocycles. The summed E-state index contributed by atoms with van der Waals surface area (Å²) >= 11 is 0. The second-order valence-corrected chi connectivity index (χ2v) is 2.33. The number of oxazole rings is 1. The van der Waals surface area contributed by atoms with Crippen LogP contribution in [0.25, 0.3) is 0 Å². The van der Waals surface area contributed by atoms with Gasteiger partial charge in [-0.25, -0.2) is 4.98 Å². The third-order valence-corrected chi connectivity index (χ3v) is 1.29. The predicted octanol–water partition coefficient (Wildman–Crippen LogP) is 2.67. The summed E-state index contributed by atoms with van der Waals surface area (Å²) in [5.41, 5.74) is 1.32. The Morgan fingerprint density at radius 2 is 1.92 bits per heavy atom. The molecule has 0 aliphatic carbocycles. The maximum Gasteiger partial charge on any atom is 0.180 e. The van der Waals surface area contributed by atoms with Gasteiger partial charge in [0.25, 0.3) is 0 Å². The van der Waals surface area contributed by atoms with Crippen LogP contribution < -0.4 is 0 Å².